The van der Waals surface area contributed by atoms with Gasteiger partial charge in [0.05, 0.1) is 0 Å². The Morgan fingerprint density at radius 1 is 1.31 bits per heavy atom. The average Bonchev–Trinajstić information content (AvgIpc) is 2.13. The summed E-state index contributed by atoms with van der Waals surface area (Å²) in [5, 5.41) is 5.86. The van der Waals surface area contributed by atoms with Crippen molar-refractivity contribution in [3.05, 3.63) is 0 Å². The number of carbonyl (C=O) groups excluding carboxylic acids is 1. The predicted octanol–water partition coefficient (Wildman–Crippen LogP) is 1.51. The van der Waals surface area contributed by atoms with E-state index in [0.717, 1.165) is 25.9 Å². The van der Waals surface area contributed by atoms with E-state index < -0.39 is 5.60 Å². The summed E-state index contributed by atoms with van der Waals surface area (Å²) in [7, 11) is 0. The predicted molar refractivity (Wildman–Crippen MR) is 65.2 cm³/mol. The van der Waals surface area contributed by atoms with Gasteiger partial charge in [0, 0.05) is 19.5 Å². The fourth-order valence-electron chi connectivity index (χ4n) is 1.00. The molecule has 2 N–H and O–H groups in total. The lowest BCUT2D eigenvalue weighted by Crippen LogP contribution is -2.34. The van der Waals surface area contributed by atoms with Crippen molar-refractivity contribution in [1.29, 1.82) is 0 Å². The minimum atomic E-state index is -0.435. The van der Waals surface area contributed by atoms with Crippen LogP contribution in [0.3, 0.4) is 0 Å². The summed E-state index contributed by atoms with van der Waals surface area (Å²) in [6, 6.07) is 0. The van der Waals surface area contributed by atoms with Crippen molar-refractivity contribution in [2.24, 2.45) is 0 Å². The zero-order valence-electron chi connectivity index (χ0n) is 10.4. The molecule has 0 spiro atoms. The third-order valence-electron chi connectivity index (χ3n) is 1.64. The van der Waals surface area contributed by atoms with Gasteiger partial charge in [0.25, 0.3) is 0 Å². The molecule has 16 heavy (non-hydrogen) atoms. The van der Waals surface area contributed by atoms with Crippen LogP contribution in [0, 0.1) is 12.3 Å². The molecule has 0 saturated carbocycles. The molecule has 0 fully saturated rings. The summed E-state index contributed by atoms with van der Waals surface area (Å²) in [5.74, 6) is 2.55. The molecule has 0 rings (SSSR count). The van der Waals surface area contributed by atoms with Crippen LogP contribution in [0.5, 0.6) is 0 Å². The van der Waals surface area contributed by atoms with Gasteiger partial charge in [0.2, 0.25) is 0 Å². The number of hydrogen-bond acceptors (Lipinski definition) is 3. The number of rotatable bonds is 6. The molecule has 0 aliphatic carbocycles. The van der Waals surface area contributed by atoms with Gasteiger partial charge >= 0.3 is 6.09 Å². The van der Waals surface area contributed by atoms with E-state index in [-0.39, 0.29) is 6.09 Å². The van der Waals surface area contributed by atoms with Crippen molar-refractivity contribution >= 4 is 6.09 Å². The maximum atomic E-state index is 11.2. The largest absolute Gasteiger partial charge is 0.444 e. The Balaban J connectivity index is 3.32. The highest BCUT2D eigenvalue weighted by atomic mass is 16.6. The summed E-state index contributed by atoms with van der Waals surface area (Å²) in [4.78, 5) is 11.2. The van der Waals surface area contributed by atoms with Crippen LogP contribution in [-0.4, -0.2) is 31.3 Å². The first-order valence-electron chi connectivity index (χ1n) is 5.57. The second-order valence-corrected chi connectivity index (χ2v) is 4.49. The van der Waals surface area contributed by atoms with Gasteiger partial charge < -0.3 is 15.4 Å². The Morgan fingerprint density at radius 2 is 2.00 bits per heavy atom. The van der Waals surface area contributed by atoms with E-state index in [1.807, 2.05) is 20.8 Å². The maximum Gasteiger partial charge on any atom is 0.407 e. The smallest absolute Gasteiger partial charge is 0.407 e. The Kier molecular flexibility index (Phi) is 7.40. The minimum absolute atomic E-state index is 0.365. The molecule has 0 aromatic rings. The second kappa shape index (κ2) is 8.00. The van der Waals surface area contributed by atoms with E-state index in [9.17, 15) is 4.79 Å². The van der Waals surface area contributed by atoms with Crippen LogP contribution in [0.1, 0.15) is 33.6 Å². The molecule has 0 saturated heterocycles. The molecule has 1 amide bonds. The Hall–Kier alpha value is -1.21. The lowest BCUT2D eigenvalue weighted by molar-refractivity contribution is 0.0527. The van der Waals surface area contributed by atoms with Crippen LogP contribution in [0.2, 0.25) is 0 Å². The molecule has 4 heteroatoms. The van der Waals surface area contributed by atoms with Gasteiger partial charge in [-0.1, -0.05) is 0 Å². The van der Waals surface area contributed by atoms with Crippen LogP contribution < -0.4 is 10.6 Å². The van der Waals surface area contributed by atoms with Crippen molar-refractivity contribution in [3.63, 3.8) is 0 Å². The van der Waals surface area contributed by atoms with E-state index in [0.29, 0.717) is 6.54 Å². The summed E-state index contributed by atoms with van der Waals surface area (Å²) in [5.41, 5.74) is -0.435. The fraction of sp³-hybridized carbons (Fsp3) is 0.750. The molecule has 0 heterocycles. The van der Waals surface area contributed by atoms with Gasteiger partial charge in [-0.05, 0) is 33.7 Å². The van der Waals surface area contributed by atoms with E-state index in [2.05, 4.69) is 16.6 Å². The Bertz CT molecular complexity index is 238. The lowest BCUT2D eigenvalue weighted by Gasteiger charge is -2.19. The molecule has 0 bridgehead atoms. The van der Waals surface area contributed by atoms with Gasteiger partial charge in [-0.3, -0.25) is 0 Å². The molecule has 0 unspecified atom stereocenters. The van der Waals surface area contributed by atoms with Crippen LogP contribution in [-0.2, 0) is 4.74 Å². The molecular weight excluding hydrogens is 204 g/mol. The van der Waals surface area contributed by atoms with Crippen LogP contribution in [0.4, 0.5) is 4.79 Å². The zero-order chi connectivity index (χ0) is 12.4. The average molecular weight is 226 g/mol. The quantitative estimate of drug-likeness (QED) is 0.533. The van der Waals surface area contributed by atoms with E-state index in [4.69, 9.17) is 11.2 Å². The number of carbonyl (C=O) groups is 1. The number of nitrogens with one attached hydrogen (secondary N) is 2. The molecule has 92 valence electrons. The van der Waals surface area contributed by atoms with E-state index in [1.54, 1.807) is 0 Å². The van der Waals surface area contributed by atoms with Crippen molar-refractivity contribution < 1.29 is 9.53 Å². The van der Waals surface area contributed by atoms with E-state index >= 15 is 0 Å². The second-order valence-electron chi connectivity index (χ2n) is 4.49. The van der Waals surface area contributed by atoms with Crippen molar-refractivity contribution in [2.75, 3.05) is 19.6 Å². The normalized spacial score (nSPS) is 10.6. The maximum absolute atomic E-state index is 11.2. The highest BCUT2D eigenvalue weighted by molar-refractivity contribution is 5.67. The number of hydrogen-bond donors (Lipinski definition) is 2. The third kappa shape index (κ3) is 10.9. The van der Waals surface area contributed by atoms with Crippen LogP contribution in [0.15, 0.2) is 0 Å². The Labute approximate surface area is 98.1 Å². The van der Waals surface area contributed by atoms with Gasteiger partial charge in [0.15, 0.2) is 0 Å². The zero-order valence-corrected chi connectivity index (χ0v) is 10.4. The molecule has 0 atom stereocenters. The minimum Gasteiger partial charge on any atom is -0.444 e. The number of ether oxygens (including phenoxy) is 1. The molecule has 4 nitrogen and oxygen atoms in total. The van der Waals surface area contributed by atoms with Crippen molar-refractivity contribution in [2.45, 2.75) is 39.2 Å². The molecule has 0 aliphatic heterocycles. The monoisotopic (exact) mass is 226 g/mol. The lowest BCUT2D eigenvalue weighted by atomic mass is 10.2. The highest BCUT2D eigenvalue weighted by Gasteiger charge is 2.15. The fourth-order valence-corrected chi connectivity index (χ4v) is 1.00. The molecular formula is C12H22N2O2. The Morgan fingerprint density at radius 3 is 2.56 bits per heavy atom. The molecule has 0 aliphatic rings. The summed E-state index contributed by atoms with van der Waals surface area (Å²) in [6.07, 6.45) is 6.34. The number of alkyl carbamates (subject to hydrolysis) is 1. The first kappa shape index (κ1) is 14.8. The van der Waals surface area contributed by atoms with Crippen LogP contribution in [0.25, 0.3) is 0 Å². The summed E-state index contributed by atoms with van der Waals surface area (Å²) in [6.45, 7) is 7.80. The van der Waals surface area contributed by atoms with Gasteiger partial charge in [-0.2, -0.15) is 0 Å². The first-order valence-corrected chi connectivity index (χ1v) is 5.57. The molecule has 0 aromatic carbocycles. The van der Waals surface area contributed by atoms with Gasteiger partial charge in [0.1, 0.15) is 5.60 Å². The third-order valence-corrected chi connectivity index (χ3v) is 1.64. The topological polar surface area (TPSA) is 50.4 Å². The van der Waals surface area contributed by atoms with Crippen molar-refractivity contribution in [1.82, 2.24) is 10.6 Å². The van der Waals surface area contributed by atoms with Crippen LogP contribution >= 0.6 is 0 Å². The van der Waals surface area contributed by atoms with E-state index in [1.165, 1.54) is 0 Å². The van der Waals surface area contributed by atoms with Crippen molar-refractivity contribution in [3.8, 4) is 12.3 Å². The number of amides is 1. The molecule has 0 radical (unpaired) electrons. The number of terminal acetylenes is 1. The first-order chi connectivity index (χ1) is 7.45. The summed E-state index contributed by atoms with van der Waals surface area (Å²) >= 11 is 0. The van der Waals surface area contributed by atoms with Gasteiger partial charge in [-0.15, -0.1) is 12.3 Å². The highest BCUT2D eigenvalue weighted by Crippen LogP contribution is 2.06. The standard InChI is InChI=1S/C12H22N2O2/c1-5-6-8-13-9-7-10-14-11(15)16-12(2,3)4/h1,13H,6-10H2,2-4H3,(H,14,15). The summed E-state index contributed by atoms with van der Waals surface area (Å²) < 4.78 is 5.09. The SMILES string of the molecule is C#CCCNCCCNC(=O)OC(C)(C)C. The van der Waals surface area contributed by atoms with Gasteiger partial charge in [-0.25, -0.2) is 4.79 Å². The molecule has 0 aromatic heterocycles.